The summed E-state index contributed by atoms with van der Waals surface area (Å²) in [5.74, 6) is -0.259. The lowest BCUT2D eigenvalue weighted by molar-refractivity contribution is 0.0695. The van der Waals surface area contributed by atoms with Crippen LogP contribution in [-0.4, -0.2) is 27.6 Å². The van der Waals surface area contributed by atoms with Crippen LogP contribution in [0.5, 0.6) is 0 Å². The average Bonchev–Trinajstić information content (AvgIpc) is 2.39. The van der Waals surface area contributed by atoms with Gasteiger partial charge in [0.2, 0.25) is 0 Å². The Morgan fingerprint density at radius 1 is 1.26 bits per heavy atom. The lowest BCUT2D eigenvalue weighted by Crippen LogP contribution is -2.09. The first-order chi connectivity index (χ1) is 9.16. The molecular formula is C14H15N3O2. The Labute approximate surface area is 111 Å². The number of nitrogens with zero attached hydrogens (tertiary/aromatic N) is 2. The Kier molecular flexibility index (Phi) is 4.07. The monoisotopic (exact) mass is 257 g/mol. The fraction of sp³-hybridized carbons (Fsp3) is 0.214. The third-order valence-electron chi connectivity index (χ3n) is 2.79. The molecule has 0 aromatic carbocycles. The molecule has 2 rings (SSSR count). The minimum absolute atomic E-state index is 0.236. The van der Waals surface area contributed by atoms with Gasteiger partial charge in [0.15, 0.2) is 0 Å². The summed E-state index contributed by atoms with van der Waals surface area (Å²) < 4.78 is 0. The van der Waals surface area contributed by atoms with E-state index < -0.39 is 5.97 Å². The Hall–Kier alpha value is -2.43. The molecule has 0 saturated carbocycles. The van der Waals surface area contributed by atoms with Gasteiger partial charge in [-0.05, 0) is 43.2 Å². The summed E-state index contributed by atoms with van der Waals surface area (Å²) in [5, 5.41) is 12.1. The smallest absolute Gasteiger partial charge is 0.337 e. The van der Waals surface area contributed by atoms with Gasteiger partial charge in [-0.3, -0.25) is 4.98 Å². The highest BCUT2D eigenvalue weighted by molar-refractivity contribution is 5.89. The van der Waals surface area contributed by atoms with Crippen molar-refractivity contribution >= 4 is 11.8 Å². The Bertz CT molecular complexity index is 570. The van der Waals surface area contributed by atoms with Crippen molar-refractivity contribution in [3.63, 3.8) is 0 Å². The van der Waals surface area contributed by atoms with E-state index in [1.54, 1.807) is 31.5 Å². The van der Waals surface area contributed by atoms with E-state index in [2.05, 4.69) is 15.3 Å². The predicted molar refractivity (Wildman–Crippen MR) is 72.4 cm³/mol. The van der Waals surface area contributed by atoms with Gasteiger partial charge in [-0.15, -0.1) is 0 Å². The van der Waals surface area contributed by atoms with Crippen molar-refractivity contribution in [3.8, 4) is 0 Å². The van der Waals surface area contributed by atoms with Crippen molar-refractivity contribution < 1.29 is 9.90 Å². The van der Waals surface area contributed by atoms with Gasteiger partial charge in [0.05, 0.1) is 11.3 Å². The third kappa shape index (κ3) is 3.51. The van der Waals surface area contributed by atoms with Gasteiger partial charge in [0.25, 0.3) is 0 Å². The molecule has 98 valence electrons. The van der Waals surface area contributed by atoms with E-state index in [0.717, 1.165) is 13.0 Å². The highest BCUT2D eigenvalue weighted by atomic mass is 16.4. The van der Waals surface area contributed by atoms with Gasteiger partial charge >= 0.3 is 5.97 Å². The molecule has 0 unspecified atom stereocenters. The summed E-state index contributed by atoms with van der Waals surface area (Å²) in [6.45, 7) is 2.43. The van der Waals surface area contributed by atoms with E-state index in [0.29, 0.717) is 11.5 Å². The van der Waals surface area contributed by atoms with Crippen LogP contribution in [0.15, 0.2) is 36.7 Å². The number of hydrogen-bond donors (Lipinski definition) is 2. The van der Waals surface area contributed by atoms with Crippen LogP contribution < -0.4 is 5.32 Å². The molecule has 0 atom stereocenters. The minimum Gasteiger partial charge on any atom is -0.478 e. The zero-order valence-corrected chi connectivity index (χ0v) is 10.6. The fourth-order valence-electron chi connectivity index (χ4n) is 1.77. The second kappa shape index (κ2) is 5.95. The molecule has 2 aromatic heterocycles. The molecule has 2 heterocycles. The zero-order chi connectivity index (χ0) is 13.7. The van der Waals surface area contributed by atoms with Crippen LogP contribution in [-0.2, 0) is 6.42 Å². The summed E-state index contributed by atoms with van der Waals surface area (Å²) in [7, 11) is 0. The molecule has 2 N–H and O–H groups in total. The van der Waals surface area contributed by atoms with Crippen molar-refractivity contribution in [2.24, 2.45) is 0 Å². The van der Waals surface area contributed by atoms with E-state index in [1.807, 2.05) is 12.1 Å². The van der Waals surface area contributed by atoms with Crippen LogP contribution in [0.2, 0.25) is 0 Å². The maximum Gasteiger partial charge on any atom is 0.337 e. The maximum atomic E-state index is 10.9. The molecule has 0 saturated heterocycles. The molecular weight excluding hydrogens is 242 g/mol. The van der Waals surface area contributed by atoms with E-state index in [1.165, 1.54) is 5.56 Å². The quantitative estimate of drug-likeness (QED) is 0.858. The SMILES string of the molecule is Cc1nc(NCCc2ccncc2)ccc1C(=O)O. The fourth-order valence-corrected chi connectivity index (χ4v) is 1.77. The van der Waals surface area contributed by atoms with Crippen molar-refractivity contribution in [3.05, 3.63) is 53.5 Å². The lowest BCUT2D eigenvalue weighted by atomic mass is 10.2. The first kappa shape index (κ1) is 13.0. The van der Waals surface area contributed by atoms with Crippen LogP contribution in [0.25, 0.3) is 0 Å². The van der Waals surface area contributed by atoms with Gasteiger partial charge in [-0.25, -0.2) is 9.78 Å². The van der Waals surface area contributed by atoms with Crippen LogP contribution in [0.1, 0.15) is 21.6 Å². The number of rotatable bonds is 5. The van der Waals surface area contributed by atoms with Gasteiger partial charge in [0, 0.05) is 18.9 Å². The Morgan fingerprint density at radius 2 is 2.00 bits per heavy atom. The number of pyridine rings is 2. The number of carboxylic acids is 1. The average molecular weight is 257 g/mol. The summed E-state index contributed by atoms with van der Waals surface area (Å²) in [4.78, 5) is 19.0. The normalized spacial score (nSPS) is 10.2. The molecule has 0 radical (unpaired) electrons. The van der Waals surface area contributed by atoms with Crippen molar-refractivity contribution in [2.45, 2.75) is 13.3 Å². The number of nitrogens with one attached hydrogen (secondary N) is 1. The maximum absolute atomic E-state index is 10.9. The molecule has 19 heavy (non-hydrogen) atoms. The number of aromatic nitrogens is 2. The number of carboxylic acid groups (broad SMARTS) is 1. The Balaban J connectivity index is 1.93. The molecule has 0 aliphatic carbocycles. The standard InChI is InChI=1S/C14H15N3O2/c1-10-12(14(18)19)2-3-13(17-10)16-9-6-11-4-7-15-8-5-11/h2-5,7-8H,6,9H2,1H3,(H,16,17)(H,18,19). The summed E-state index contributed by atoms with van der Waals surface area (Å²) >= 11 is 0. The molecule has 0 spiro atoms. The zero-order valence-electron chi connectivity index (χ0n) is 10.6. The third-order valence-corrected chi connectivity index (χ3v) is 2.79. The van der Waals surface area contributed by atoms with Crippen LogP contribution in [0.4, 0.5) is 5.82 Å². The molecule has 5 heteroatoms. The Morgan fingerprint density at radius 3 is 2.63 bits per heavy atom. The number of aryl methyl sites for hydroxylation is 1. The highest BCUT2D eigenvalue weighted by Gasteiger charge is 2.08. The van der Waals surface area contributed by atoms with E-state index >= 15 is 0 Å². The molecule has 0 amide bonds. The topological polar surface area (TPSA) is 75.1 Å². The molecule has 5 nitrogen and oxygen atoms in total. The number of hydrogen-bond acceptors (Lipinski definition) is 4. The summed E-state index contributed by atoms with van der Waals surface area (Å²) in [6, 6.07) is 7.18. The lowest BCUT2D eigenvalue weighted by Gasteiger charge is -2.07. The number of carbonyl (C=O) groups is 1. The predicted octanol–water partition coefficient (Wildman–Crippen LogP) is 2.14. The first-order valence-corrected chi connectivity index (χ1v) is 6.00. The van der Waals surface area contributed by atoms with Gasteiger partial charge < -0.3 is 10.4 Å². The minimum atomic E-state index is -0.951. The van der Waals surface area contributed by atoms with Crippen molar-refractivity contribution in [1.29, 1.82) is 0 Å². The van der Waals surface area contributed by atoms with Gasteiger partial charge in [0.1, 0.15) is 5.82 Å². The number of aromatic carboxylic acids is 1. The van der Waals surface area contributed by atoms with Gasteiger partial charge in [-0.1, -0.05) is 0 Å². The van der Waals surface area contributed by atoms with Crippen LogP contribution in [0.3, 0.4) is 0 Å². The number of anilines is 1. The van der Waals surface area contributed by atoms with E-state index in [4.69, 9.17) is 5.11 Å². The second-order valence-electron chi connectivity index (χ2n) is 4.17. The first-order valence-electron chi connectivity index (χ1n) is 6.00. The molecule has 0 aliphatic heterocycles. The molecule has 0 aliphatic rings. The van der Waals surface area contributed by atoms with E-state index in [-0.39, 0.29) is 5.56 Å². The van der Waals surface area contributed by atoms with Crippen molar-refractivity contribution in [1.82, 2.24) is 9.97 Å². The van der Waals surface area contributed by atoms with Crippen LogP contribution in [0, 0.1) is 6.92 Å². The molecule has 0 fully saturated rings. The van der Waals surface area contributed by atoms with Crippen LogP contribution >= 0.6 is 0 Å². The molecule has 0 bridgehead atoms. The van der Waals surface area contributed by atoms with Crippen molar-refractivity contribution in [2.75, 3.05) is 11.9 Å². The van der Waals surface area contributed by atoms with Gasteiger partial charge in [-0.2, -0.15) is 0 Å². The summed E-state index contributed by atoms with van der Waals surface area (Å²) in [6.07, 6.45) is 4.39. The summed E-state index contributed by atoms with van der Waals surface area (Å²) in [5.41, 5.74) is 1.95. The second-order valence-corrected chi connectivity index (χ2v) is 4.17. The highest BCUT2D eigenvalue weighted by Crippen LogP contribution is 2.10. The van der Waals surface area contributed by atoms with E-state index in [9.17, 15) is 4.79 Å². The largest absolute Gasteiger partial charge is 0.478 e. The molecule has 2 aromatic rings.